The molecule has 0 amide bonds. The molecule has 2 atom stereocenters. The van der Waals surface area contributed by atoms with Gasteiger partial charge >= 0.3 is 0 Å². The molecule has 122 valence electrons. The van der Waals surface area contributed by atoms with Crippen LogP contribution in [0.2, 0.25) is 0 Å². The molecule has 3 heterocycles. The van der Waals surface area contributed by atoms with E-state index in [-0.39, 0.29) is 0 Å². The zero-order chi connectivity index (χ0) is 15.8. The number of likely N-dealkylation sites (tertiary alicyclic amines) is 1. The van der Waals surface area contributed by atoms with E-state index < -0.39 is 0 Å². The first-order valence-corrected chi connectivity index (χ1v) is 8.43. The third-order valence-corrected chi connectivity index (χ3v) is 5.15. The van der Waals surface area contributed by atoms with Crippen LogP contribution in [0, 0.1) is 0 Å². The minimum atomic E-state index is 0.349. The van der Waals surface area contributed by atoms with Crippen LogP contribution < -0.4 is 0 Å². The topological polar surface area (TPSA) is 50.1 Å². The summed E-state index contributed by atoms with van der Waals surface area (Å²) in [5, 5.41) is 8.19. The number of nitrogens with zero attached hydrogens (tertiary/aromatic N) is 6. The van der Waals surface area contributed by atoms with Crippen LogP contribution in [0.1, 0.15) is 29.4 Å². The van der Waals surface area contributed by atoms with Gasteiger partial charge in [-0.3, -0.25) is 9.88 Å². The Morgan fingerprint density at radius 2 is 2.13 bits per heavy atom. The summed E-state index contributed by atoms with van der Waals surface area (Å²) in [6.45, 7) is 2.95. The van der Waals surface area contributed by atoms with E-state index in [4.69, 9.17) is 4.98 Å². The number of hydrogen-bond acceptors (Lipinski definition) is 5. The maximum Gasteiger partial charge on any atom is 0.0831 e. The predicted molar refractivity (Wildman–Crippen MR) is 88.1 cm³/mol. The lowest BCUT2D eigenvalue weighted by atomic mass is 10.1. The van der Waals surface area contributed by atoms with Gasteiger partial charge in [-0.15, -0.1) is 5.10 Å². The summed E-state index contributed by atoms with van der Waals surface area (Å²) in [5.41, 5.74) is 3.96. The summed E-state index contributed by atoms with van der Waals surface area (Å²) in [7, 11) is 4.29. The molecular formula is C17H24N6. The van der Waals surface area contributed by atoms with E-state index in [1.807, 2.05) is 10.9 Å². The maximum absolute atomic E-state index is 4.88. The highest BCUT2D eigenvalue weighted by Gasteiger charge is 2.36. The SMILES string of the molecule is CN(C)[C@@H]1CN(Cc2ccc3c(n2)CCC3)C[C@@H]1n1ccnn1. The van der Waals surface area contributed by atoms with Gasteiger partial charge in [0.15, 0.2) is 0 Å². The molecule has 23 heavy (non-hydrogen) atoms. The molecule has 0 unspecified atom stereocenters. The summed E-state index contributed by atoms with van der Waals surface area (Å²) < 4.78 is 2.00. The highest BCUT2D eigenvalue weighted by Crippen LogP contribution is 2.26. The van der Waals surface area contributed by atoms with Gasteiger partial charge in [0.25, 0.3) is 0 Å². The number of rotatable bonds is 4. The molecule has 0 saturated carbocycles. The van der Waals surface area contributed by atoms with Crippen LogP contribution in [0.3, 0.4) is 0 Å². The smallest absolute Gasteiger partial charge is 0.0831 e. The van der Waals surface area contributed by atoms with Gasteiger partial charge in [-0.1, -0.05) is 11.3 Å². The fraction of sp³-hybridized carbons (Fsp3) is 0.588. The zero-order valence-electron chi connectivity index (χ0n) is 13.9. The predicted octanol–water partition coefficient (Wildman–Crippen LogP) is 1.15. The molecule has 0 spiro atoms. The molecule has 0 radical (unpaired) electrons. The van der Waals surface area contributed by atoms with Crippen molar-refractivity contribution in [2.24, 2.45) is 0 Å². The summed E-state index contributed by atoms with van der Waals surface area (Å²) in [6.07, 6.45) is 7.33. The quantitative estimate of drug-likeness (QED) is 0.848. The molecule has 2 aliphatic rings. The molecule has 1 fully saturated rings. The molecule has 4 rings (SSSR count). The third kappa shape index (κ3) is 2.88. The number of likely N-dealkylation sites (N-methyl/N-ethyl adjacent to an activating group) is 1. The van der Waals surface area contributed by atoms with Crippen molar-refractivity contribution in [1.82, 2.24) is 29.8 Å². The second-order valence-electron chi connectivity index (χ2n) is 6.94. The number of pyridine rings is 1. The number of fused-ring (bicyclic) bond motifs is 1. The van der Waals surface area contributed by atoms with Gasteiger partial charge in [-0.2, -0.15) is 0 Å². The van der Waals surface area contributed by atoms with Gasteiger partial charge < -0.3 is 4.90 Å². The summed E-state index contributed by atoms with van der Waals surface area (Å²) in [4.78, 5) is 9.67. The van der Waals surface area contributed by atoms with Gasteiger partial charge in [0.05, 0.1) is 17.9 Å². The average Bonchev–Trinajstić information content (AvgIpc) is 3.26. The standard InChI is InChI=1S/C17H24N6/c1-21(2)16-11-22(12-17(16)23-9-8-18-20-23)10-14-7-6-13-4-3-5-15(13)19-14/h6-9,16-17H,3-5,10-12H2,1-2H3/t16-,17+/m1/s1. The van der Waals surface area contributed by atoms with Gasteiger partial charge in [0.2, 0.25) is 0 Å². The zero-order valence-corrected chi connectivity index (χ0v) is 13.9. The average molecular weight is 312 g/mol. The largest absolute Gasteiger partial charge is 0.303 e. The molecule has 2 aromatic heterocycles. The first-order chi connectivity index (χ1) is 11.2. The monoisotopic (exact) mass is 312 g/mol. The summed E-state index contributed by atoms with van der Waals surface area (Å²) >= 11 is 0. The minimum absolute atomic E-state index is 0.349. The van der Waals surface area contributed by atoms with Crippen molar-refractivity contribution in [3.63, 3.8) is 0 Å². The van der Waals surface area contributed by atoms with Crippen molar-refractivity contribution < 1.29 is 0 Å². The van der Waals surface area contributed by atoms with Crippen LogP contribution in [0.25, 0.3) is 0 Å². The van der Waals surface area contributed by atoms with E-state index in [9.17, 15) is 0 Å². The first kappa shape index (κ1) is 14.8. The number of aryl methyl sites for hydroxylation is 2. The first-order valence-electron chi connectivity index (χ1n) is 8.43. The molecule has 2 aromatic rings. The van der Waals surface area contributed by atoms with Crippen LogP contribution in [0.4, 0.5) is 0 Å². The Bertz CT molecular complexity index is 666. The number of hydrogen-bond donors (Lipinski definition) is 0. The highest BCUT2D eigenvalue weighted by atomic mass is 15.5. The van der Waals surface area contributed by atoms with Crippen molar-refractivity contribution >= 4 is 0 Å². The molecule has 1 aliphatic heterocycles. The highest BCUT2D eigenvalue weighted by molar-refractivity contribution is 5.27. The van der Waals surface area contributed by atoms with Crippen LogP contribution in [-0.2, 0) is 19.4 Å². The Labute approximate surface area is 137 Å². The minimum Gasteiger partial charge on any atom is -0.303 e. The molecule has 0 N–H and O–H groups in total. The molecule has 1 saturated heterocycles. The molecule has 1 aliphatic carbocycles. The van der Waals surface area contributed by atoms with Crippen LogP contribution in [-0.4, -0.2) is 63.0 Å². The molecule has 0 aromatic carbocycles. The van der Waals surface area contributed by atoms with E-state index in [2.05, 4.69) is 46.3 Å². The van der Waals surface area contributed by atoms with Gasteiger partial charge in [0, 0.05) is 37.6 Å². The molecule has 0 bridgehead atoms. The lowest BCUT2D eigenvalue weighted by molar-refractivity contribution is 0.237. The Hall–Kier alpha value is -1.79. The van der Waals surface area contributed by atoms with Crippen molar-refractivity contribution in [2.45, 2.75) is 37.9 Å². The molecule has 6 heteroatoms. The fourth-order valence-corrected chi connectivity index (χ4v) is 3.92. The Morgan fingerprint density at radius 3 is 2.91 bits per heavy atom. The van der Waals surface area contributed by atoms with Gasteiger partial charge in [-0.25, -0.2) is 4.68 Å². The lowest BCUT2D eigenvalue weighted by Crippen LogP contribution is -2.36. The van der Waals surface area contributed by atoms with E-state index in [0.29, 0.717) is 12.1 Å². The van der Waals surface area contributed by atoms with E-state index in [1.165, 1.54) is 29.8 Å². The van der Waals surface area contributed by atoms with Crippen molar-refractivity contribution in [2.75, 3.05) is 27.2 Å². The Kier molecular flexibility index (Phi) is 3.87. The maximum atomic E-state index is 4.88. The fourth-order valence-electron chi connectivity index (χ4n) is 3.92. The normalized spacial score (nSPS) is 24.5. The van der Waals surface area contributed by atoms with E-state index in [0.717, 1.165) is 26.1 Å². The molecule has 6 nitrogen and oxygen atoms in total. The summed E-state index contributed by atoms with van der Waals surface area (Å²) in [6, 6.07) is 5.28. The Morgan fingerprint density at radius 1 is 1.22 bits per heavy atom. The summed E-state index contributed by atoms with van der Waals surface area (Å²) in [5.74, 6) is 0. The van der Waals surface area contributed by atoms with E-state index in [1.54, 1.807) is 6.20 Å². The van der Waals surface area contributed by atoms with Crippen molar-refractivity contribution in [3.8, 4) is 0 Å². The van der Waals surface area contributed by atoms with Gasteiger partial charge in [-0.05, 0) is 45.0 Å². The third-order valence-electron chi connectivity index (χ3n) is 5.15. The van der Waals surface area contributed by atoms with Crippen molar-refractivity contribution in [1.29, 1.82) is 0 Å². The lowest BCUT2D eigenvalue weighted by Gasteiger charge is -2.24. The second kappa shape index (κ2) is 6.02. The van der Waals surface area contributed by atoms with Crippen LogP contribution in [0.15, 0.2) is 24.5 Å². The van der Waals surface area contributed by atoms with E-state index >= 15 is 0 Å². The van der Waals surface area contributed by atoms with Crippen LogP contribution >= 0.6 is 0 Å². The van der Waals surface area contributed by atoms with Crippen LogP contribution in [0.5, 0.6) is 0 Å². The number of aromatic nitrogens is 4. The van der Waals surface area contributed by atoms with Crippen molar-refractivity contribution in [3.05, 3.63) is 41.5 Å². The second-order valence-corrected chi connectivity index (χ2v) is 6.94. The Balaban J connectivity index is 1.50. The molecular weight excluding hydrogens is 288 g/mol. The van der Waals surface area contributed by atoms with Gasteiger partial charge in [0.1, 0.15) is 0 Å².